The van der Waals surface area contributed by atoms with Crippen LogP contribution in [0.2, 0.25) is 0 Å². The average molecular weight is 450 g/mol. The summed E-state index contributed by atoms with van der Waals surface area (Å²) in [5, 5.41) is 9.65. The quantitative estimate of drug-likeness (QED) is 0.571. The van der Waals surface area contributed by atoms with Crippen molar-refractivity contribution in [2.24, 2.45) is 4.99 Å². The highest BCUT2D eigenvalue weighted by atomic mass is 32.1. The number of amides is 1. The molecule has 0 saturated carbocycles. The lowest BCUT2D eigenvalue weighted by atomic mass is 10.1. The third kappa shape index (κ3) is 4.58. The Hall–Kier alpha value is -3.27. The first-order chi connectivity index (χ1) is 14.5. The molecule has 2 aromatic carbocycles. The molecule has 10 heteroatoms. The Balaban J connectivity index is 2.23. The number of alkyl halides is 3. The second kappa shape index (κ2) is 8.46. The lowest BCUT2D eigenvalue weighted by Gasteiger charge is -2.13. The molecule has 0 spiro atoms. The van der Waals surface area contributed by atoms with Crippen LogP contribution in [0.4, 0.5) is 13.2 Å². The Morgan fingerprint density at radius 1 is 1.13 bits per heavy atom. The third-order valence-corrected chi connectivity index (χ3v) is 5.69. The number of benzene rings is 2. The molecule has 162 valence electrons. The molecule has 0 bridgehead atoms. The summed E-state index contributed by atoms with van der Waals surface area (Å²) in [6.07, 6.45) is -4.45. The molecule has 31 heavy (non-hydrogen) atoms. The van der Waals surface area contributed by atoms with Gasteiger partial charge in [-0.15, -0.1) is 0 Å². The minimum Gasteiger partial charge on any atom is -0.480 e. The van der Waals surface area contributed by atoms with Crippen LogP contribution in [-0.4, -0.2) is 27.3 Å². The maximum absolute atomic E-state index is 13.0. The van der Waals surface area contributed by atoms with E-state index in [1.54, 1.807) is 19.1 Å². The Bertz CT molecular complexity index is 1260. The van der Waals surface area contributed by atoms with Crippen LogP contribution in [0.3, 0.4) is 0 Å². The number of aliphatic carboxylic acids is 1. The number of nitrogens with zero attached hydrogens (tertiary/aromatic N) is 2. The van der Waals surface area contributed by atoms with E-state index in [4.69, 9.17) is 0 Å². The van der Waals surface area contributed by atoms with Crippen LogP contribution in [0, 0.1) is 0 Å². The highest BCUT2D eigenvalue weighted by Crippen LogP contribution is 2.30. The van der Waals surface area contributed by atoms with E-state index in [-0.39, 0.29) is 22.6 Å². The Kier molecular flexibility index (Phi) is 6.12. The molecule has 1 aromatic heterocycles. The summed E-state index contributed by atoms with van der Waals surface area (Å²) in [6.45, 7) is 3.01. The van der Waals surface area contributed by atoms with Crippen molar-refractivity contribution in [2.75, 3.05) is 0 Å². The summed E-state index contributed by atoms with van der Waals surface area (Å²) in [6, 6.07) is 7.50. The van der Waals surface area contributed by atoms with E-state index < -0.39 is 29.7 Å². The van der Waals surface area contributed by atoms with Gasteiger partial charge in [0.2, 0.25) is 0 Å². The Morgan fingerprint density at radius 2 is 1.84 bits per heavy atom. The van der Waals surface area contributed by atoms with E-state index >= 15 is 0 Å². The van der Waals surface area contributed by atoms with Crippen molar-refractivity contribution in [3.05, 3.63) is 64.0 Å². The van der Waals surface area contributed by atoms with Gasteiger partial charge in [-0.25, -0.2) is 4.79 Å². The zero-order chi connectivity index (χ0) is 22.9. The molecule has 0 aliphatic heterocycles. The fourth-order valence-electron chi connectivity index (χ4n) is 3.09. The third-order valence-electron chi connectivity index (χ3n) is 4.65. The van der Waals surface area contributed by atoms with E-state index in [0.717, 1.165) is 23.5 Å². The van der Waals surface area contributed by atoms with Gasteiger partial charge in [-0.05, 0) is 49.7 Å². The largest absolute Gasteiger partial charge is 0.480 e. The van der Waals surface area contributed by atoms with Gasteiger partial charge in [-0.1, -0.05) is 24.3 Å². The van der Waals surface area contributed by atoms with Crippen LogP contribution < -0.4 is 4.80 Å². The summed E-state index contributed by atoms with van der Waals surface area (Å²) in [5.74, 6) is -2.32. The van der Waals surface area contributed by atoms with E-state index in [1.165, 1.54) is 23.6 Å². The van der Waals surface area contributed by atoms with Gasteiger partial charge in [0.15, 0.2) is 10.6 Å². The zero-order valence-electron chi connectivity index (χ0n) is 16.4. The molecule has 0 saturated heterocycles. The van der Waals surface area contributed by atoms with Crippen molar-refractivity contribution in [1.82, 2.24) is 4.57 Å². The minimum atomic E-state index is -4.62. The number of halogens is 3. The molecule has 3 rings (SSSR count). The van der Waals surface area contributed by atoms with Crippen molar-refractivity contribution in [2.45, 2.75) is 32.5 Å². The number of thiazole rings is 1. The molecular formula is C21H17F3N2O4S. The lowest BCUT2D eigenvalue weighted by Crippen LogP contribution is -2.27. The molecule has 1 heterocycles. The summed E-state index contributed by atoms with van der Waals surface area (Å²) >= 11 is 1.02. The molecule has 1 atom stereocenters. The fourth-order valence-corrected chi connectivity index (χ4v) is 4.13. The summed E-state index contributed by atoms with van der Waals surface area (Å²) in [4.78, 5) is 40.2. The van der Waals surface area contributed by atoms with Crippen molar-refractivity contribution in [3.8, 4) is 0 Å². The van der Waals surface area contributed by atoms with Gasteiger partial charge in [-0.2, -0.15) is 18.2 Å². The Morgan fingerprint density at radius 3 is 2.42 bits per heavy atom. The smallest absolute Gasteiger partial charge is 0.416 e. The first kappa shape index (κ1) is 22.4. The number of carbonyl (C=O) groups is 3. The van der Waals surface area contributed by atoms with Crippen molar-refractivity contribution >= 4 is 39.2 Å². The number of hydrogen-bond donors (Lipinski definition) is 1. The fraction of sp³-hybridized carbons (Fsp3) is 0.238. The molecule has 0 aliphatic rings. The van der Waals surface area contributed by atoms with Gasteiger partial charge in [0.05, 0.1) is 15.8 Å². The van der Waals surface area contributed by atoms with Crippen LogP contribution in [0.1, 0.15) is 52.6 Å². The summed E-state index contributed by atoms with van der Waals surface area (Å²) < 4.78 is 40.8. The van der Waals surface area contributed by atoms with Crippen LogP contribution in [0.15, 0.2) is 47.5 Å². The van der Waals surface area contributed by atoms with Gasteiger partial charge in [0, 0.05) is 11.1 Å². The molecule has 6 nitrogen and oxygen atoms in total. The molecule has 3 aromatic rings. The average Bonchev–Trinajstić information content (AvgIpc) is 3.04. The van der Waals surface area contributed by atoms with Gasteiger partial charge >= 0.3 is 12.1 Å². The maximum atomic E-state index is 13.0. The SMILES string of the molecule is CCC(C(=O)O)n1/c(=N/C(=O)c2cccc(C(F)(F)F)c2)sc2ccc(C(C)=O)cc21. The van der Waals surface area contributed by atoms with Crippen LogP contribution in [-0.2, 0) is 11.0 Å². The van der Waals surface area contributed by atoms with Gasteiger partial charge in [-0.3, -0.25) is 9.59 Å². The predicted molar refractivity (Wildman–Crippen MR) is 108 cm³/mol. The standard InChI is InChI=1S/C21H17F3N2O4S/c1-3-15(19(29)30)26-16-10-12(11(2)27)7-8-17(16)31-20(26)25-18(28)13-5-4-6-14(9-13)21(22,23)24/h4-10,15H,3H2,1-2H3,(H,29,30)/b25-20-. The molecule has 0 aliphatic carbocycles. The van der Waals surface area contributed by atoms with Gasteiger partial charge in [0.1, 0.15) is 6.04 Å². The summed E-state index contributed by atoms with van der Waals surface area (Å²) in [7, 11) is 0. The Labute approximate surface area is 178 Å². The van der Waals surface area contributed by atoms with Crippen molar-refractivity contribution < 1.29 is 32.7 Å². The van der Waals surface area contributed by atoms with Gasteiger partial charge < -0.3 is 9.67 Å². The van der Waals surface area contributed by atoms with Crippen LogP contribution in [0.5, 0.6) is 0 Å². The second-order valence-electron chi connectivity index (χ2n) is 6.75. The first-order valence-corrected chi connectivity index (χ1v) is 9.99. The zero-order valence-corrected chi connectivity index (χ0v) is 17.3. The van der Waals surface area contributed by atoms with Crippen LogP contribution in [0.25, 0.3) is 10.2 Å². The van der Waals surface area contributed by atoms with Gasteiger partial charge in [0.25, 0.3) is 5.91 Å². The van der Waals surface area contributed by atoms with Crippen molar-refractivity contribution in [3.63, 3.8) is 0 Å². The van der Waals surface area contributed by atoms with Crippen molar-refractivity contribution in [1.29, 1.82) is 0 Å². The number of rotatable bonds is 5. The number of ketones is 1. The molecule has 1 unspecified atom stereocenters. The van der Waals surface area contributed by atoms with E-state index in [9.17, 15) is 32.7 Å². The molecule has 0 fully saturated rings. The molecule has 1 N–H and O–H groups in total. The number of carboxylic acids is 1. The van der Waals surface area contributed by atoms with E-state index in [2.05, 4.69) is 4.99 Å². The number of fused-ring (bicyclic) bond motifs is 1. The number of aromatic nitrogens is 1. The second-order valence-corrected chi connectivity index (χ2v) is 7.76. The highest BCUT2D eigenvalue weighted by molar-refractivity contribution is 7.16. The summed E-state index contributed by atoms with van der Waals surface area (Å²) in [5.41, 5.74) is -0.495. The number of carbonyl (C=O) groups excluding carboxylic acids is 2. The molecule has 0 radical (unpaired) electrons. The molecular weight excluding hydrogens is 433 g/mol. The van der Waals surface area contributed by atoms with Crippen LogP contribution >= 0.6 is 11.3 Å². The van der Waals surface area contributed by atoms with E-state index in [1.807, 2.05) is 0 Å². The highest BCUT2D eigenvalue weighted by Gasteiger charge is 2.31. The first-order valence-electron chi connectivity index (χ1n) is 9.18. The number of carboxylic acid groups (broad SMARTS) is 1. The normalized spacial score (nSPS) is 13.4. The number of hydrogen-bond acceptors (Lipinski definition) is 4. The maximum Gasteiger partial charge on any atom is 0.416 e. The lowest BCUT2D eigenvalue weighted by molar-refractivity contribution is -0.141. The monoisotopic (exact) mass is 450 g/mol. The molecule has 1 amide bonds. The topological polar surface area (TPSA) is 88.7 Å². The predicted octanol–water partition coefficient (Wildman–Crippen LogP) is 4.70. The number of Topliss-reactive ketones (excluding diaryl/α,β-unsaturated/α-hetero) is 1. The van der Waals surface area contributed by atoms with E-state index in [0.29, 0.717) is 21.8 Å². The minimum absolute atomic E-state index is 0.0207.